The summed E-state index contributed by atoms with van der Waals surface area (Å²) in [7, 11) is 0. The van der Waals surface area contributed by atoms with E-state index >= 15 is 0 Å². The van der Waals surface area contributed by atoms with Gasteiger partial charge in [0.15, 0.2) is 0 Å². The van der Waals surface area contributed by atoms with Crippen LogP contribution in [0.2, 0.25) is 0 Å². The molecule has 0 heterocycles. The fraction of sp³-hybridized carbons (Fsp3) is 0.571. The molecule has 0 spiro atoms. The van der Waals surface area contributed by atoms with E-state index < -0.39 is 0 Å². The lowest BCUT2D eigenvalue weighted by Crippen LogP contribution is -2.28. The van der Waals surface area contributed by atoms with Crippen molar-refractivity contribution in [2.24, 2.45) is 5.41 Å². The SMILES string of the molecule is CC1(CNc2ccc(N)cc2Br)CCCCC1. The number of benzene rings is 1. The Morgan fingerprint density at radius 3 is 2.65 bits per heavy atom. The Bertz CT molecular complexity index is 384. The van der Waals surface area contributed by atoms with Gasteiger partial charge in [0.05, 0.1) is 0 Å². The van der Waals surface area contributed by atoms with Gasteiger partial charge in [-0.15, -0.1) is 0 Å². The third-order valence-electron chi connectivity index (χ3n) is 3.76. The van der Waals surface area contributed by atoms with Crippen LogP contribution >= 0.6 is 15.9 Å². The van der Waals surface area contributed by atoms with Crippen LogP contribution in [-0.2, 0) is 0 Å². The summed E-state index contributed by atoms with van der Waals surface area (Å²) >= 11 is 3.55. The monoisotopic (exact) mass is 296 g/mol. The minimum atomic E-state index is 0.457. The van der Waals surface area contributed by atoms with Crippen molar-refractivity contribution in [1.29, 1.82) is 0 Å². The van der Waals surface area contributed by atoms with Crippen LogP contribution in [0.5, 0.6) is 0 Å². The molecule has 0 aromatic heterocycles. The first-order valence-corrected chi connectivity index (χ1v) is 7.17. The minimum absolute atomic E-state index is 0.457. The summed E-state index contributed by atoms with van der Waals surface area (Å²) in [5.74, 6) is 0. The molecule has 1 saturated carbocycles. The van der Waals surface area contributed by atoms with E-state index in [1.165, 1.54) is 32.1 Å². The highest BCUT2D eigenvalue weighted by atomic mass is 79.9. The molecule has 0 saturated heterocycles. The molecule has 1 aliphatic carbocycles. The summed E-state index contributed by atoms with van der Waals surface area (Å²) in [6.45, 7) is 3.44. The first-order valence-electron chi connectivity index (χ1n) is 6.38. The minimum Gasteiger partial charge on any atom is -0.399 e. The smallest absolute Gasteiger partial charge is 0.0486 e. The maximum atomic E-state index is 5.73. The summed E-state index contributed by atoms with van der Waals surface area (Å²) in [6.07, 6.45) is 6.84. The second-order valence-corrected chi connectivity index (χ2v) is 6.32. The zero-order chi connectivity index (χ0) is 12.3. The number of hydrogen-bond acceptors (Lipinski definition) is 2. The van der Waals surface area contributed by atoms with Crippen molar-refractivity contribution in [3.63, 3.8) is 0 Å². The zero-order valence-electron chi connectivity index (χ0n) is 10.4. The van der Waals surface area contributed by atoms with Gasteiger partial charge in [-0.2, -0.15) is 0 Å². The van der Waals surface area contributed by atoms with E-state index in [1.54, 1.807) is 0 Å². The van der Waals surface area contributed by atoms with Crippen LogP contribution in [-0.4, -0.2) is 6.54 Å². The molecular weight excluding hydrogens is 276 g/mol. The van der Waals surface area contributed by atoms with E-state index in [0.29, 0.717) is 5.41 Å². The lowest BCUT2D eigenvalue weighted by Gasteiger charge is -2.34. The highest BCUT2D eigenvalue weighted by Gasteiger charge is 2.26. The van der Waals surface area contributed by atoms with Gasteiger partial charge in [-0.25, -0.2) is 0 Å². The summed E-state index contributed by atoms with van der Waals surface area (Å²) in [4.78, 5) is 0. The van der Waals surface area contributed by atoms with E-state index in [4.69, 9.17) is 5.73 Å². The van der Waals surface area contributed by atoms with E-state index in [-0.39, 0.29) is 0 Å². The number of rotatable bonds is 3. The number of halogens is 1. The van der Waals surface area contributed by atoms with Gasteiger partial charge in [-0.3, -0.25) is 0 Å². The van der Waals surface area contributed by atoms with Crippen LogP contribution in [0.3, 0.4) is 0 Å². The molecule has 1 aromatic carbocycles. The molecule has 0 unspecified atom stereocenters. The van der Waals surface area contributed by atoms with Gasteiger partial charge in [0.2, 0.25) is 0 Å². The predicted molar refractivity (Wildman–Crippen MR) is 78.2 cm³/mol. The van der Waals surface area contributed by atoms with Crippen molar-refractivity contribution in [1.82, 2.24) is 0 Å². The van der Waals surface area contributed by atoms with Gasteiger partial charge in [-0.1, -0.05) is 26.2 Å². The lowest BCUT2D eigenvalue weighted by molar-refractivity contribution is 0.233. The van der Waals surface area contributed by atoms with Crippen molar-refractivity contribution >= 4 is 27.3 Å². The highest BCUT2D eigenvalue weighted by molar-refractivity contribution is 9.10. The molecule has 1 aliphatic rings. The standard InChI is InChI=1S/C14H21BrN2/c1-14(7-3-2-4-8-14)10-17-13-6-5-11(16)9-12(13)15/h5-6,9,17H,2-4,7-8,10,16H2,1H3. The van der Waals surface area contributed by atoms with Crippen molar-refractivity contribution < 1.29 is 0 Å². The van der Waals surface area contributed by atoms with Crippen LogP contribution in [0.25, 0.3) is 0 Å². The zero-order valence-corrected chi connectivity index (χ0v) is 12.0. The predicted octanol–water partition coefficient (Wildman–Crippen LogP) is 4.41. The average molecular weight is 297 g/mol. The quantitative estimate of drug-likeness (QED) is 0.811. The Hall–Kier alpha value is -0.700. The molecule has 3 heteroatoms. The van der Waals surface area contributed by atoms with Gasteiger partial charge in [0, 0.05) is 22.4 Å². The van der Waals surface area contributed by atoms with Crippen LogP contribution < -0.4 is 11.1 Å². The second kappa shape index (κ2) is 5.30. The van der Waals surface area contributed by atoms with Crippen molar-refractivity contribution in [3.8, 4) is 0 Å². The molecule has 2 nitrogen and oxygen atoms in total. The molecule has 0 atom stereocenters. The summed E-state index contributed by atoms with van der Waals surface area (Å²) in [6, 6.07) is 5.94. The van der Waals surface area contributed by atoms with E-state index in [0.717, 1.165) is 22.4 Å². The maximum absolute atomic E-state index is 5.73. The van der Waals surface area contributed by atoms with E-state index in [1.807, 2.05) is 18.2 Å². The number of nitrogen functional groups attached to an aromatic ring is 1. The molecule has 1 aromatic rings. The first kappa shape index (κ1) is 12.7. The molecule has 0 radical (unpaired) electrons. The molecular formula is C14H21BrN2. The third kappa shape index (κ3) is 3.38. The Morgan fingerprint density at radius 2 is 2.00 bits per heavy atom. The van der Waals surface area contributed by atoms with Gasteiger partial charge in [0.25, 0.3) is 0 Å². The molecule has 0 amide bonds. The Balaban J connectivity index is 1.97. The number of nitrogens with one attached hydrogen (secondary N) is 1. The summed E-state index contributed by atoms with van der Waals surface area (Å²) < 4.78 is 1.05. The van der Waals surface area contributed by atoms with E-state index in [2.05, 4.69) is 28.2 Å². The van der Waals surface area contributed by atoms with Gasteiger partial charge >= 0.3 is 0 Å². The highest BCUT2D eigenvalue weighted by Crippen LogP contribution is 2.36. The van der Waals surface area contributed by atoms with Crippen molar-refractivity contribution in [2.75, 3.05) is 17.6 Å². The topological polar surface area (TPSA) is 38.0 Å². The van der Waals surface area contributed by atoms with Crippen LogP contribution in [0.1, 0.15) is 39.0 Å². The first-order chi connectivity index (χ1) is 8.09. The molecule has 2 rings (SSSR count). The number of nitrogens with two attached hydrogens (primary N) is 1. The molecule has 0 aliphatic heterocycles. The molecule has 3 N–H and O–H groups in total. The number of anilines is 2. The third-order valence-corrected chi connectivity index (χ3v) is 4.42. The lowest BCUT2D eigenvalue weighted by atomic mass is 9.76. The number of hydrogen-bond donors (Lipinski definition) is 2. The molecule has 94 valence electrons. The average Bonchev–Trinajstić information content (AvgIpc) is 2.29. The molecule has 1 fully saturated rings. The molecule has 17 heavy (non-hydrogen) atoms. The summed E-state index contributed by atoms with van der Waals surface area (Å²) in [5.41, 5.74) is 8.13. The van der Waals surface area contributed by atoms with Crippen LogP contribution in [0.15, 0.2) is 22.7 Å². The van der Waals surface area contributed by atoms with E-state index in [9.17, 15) is 0 Å². The Kier molecular flexibility index (Phi) is 3.97. The fourth-order valence-corrected chi connectivity index (χ4v) is 3.10. The van der Waals surface area contributed by atoms with Gasteiger partial charge < -0.3 is 11.1 Å². The molecule has 0 bridgehead atoms. The largest absolute Gasteiger partial charge is 0.399 e. The summed E-state index contributed by atoms with van der Waals surface area (Å²) in [5, 5.41) is 3.55. The Labute approximate surface area is 112 Å². The van der Waals surface area contributed by atoms with Crippen molar-refractivity contribution in [3.05, 3.63) is 22.7 Å². The van der Waals surface area contributed by atoms with Gasteiger partial charge in [-0.05, 0) is 52.4 Å². The van der Waals surface area contributed by atoms with Crippen LogP contribution in [0.4, 0.5) is 11.4 Å². The van der Waals surface area contributed by atoms with Crippen LogP contribution in [0, 0.1) is 5.41 Å². The second-order valence-electron chi connectivity index (χ2n) is 5.46. The Morgan fingerprint density at radius 1 is 1.29 bits per heavy atom. The van der Waals surface area contributed by atoms with Crippen molar-refractivity contribution in [2.45, 2.75) is 39.0 Å². The normalized spacial score (nSPS) is 18.9. The van der Waals surface area contributed by atoms with Gasteiger partial charge in [0.1, 0.15) is 0 Å². The maximum Gasteiger partial charge on any atom is 0.0486 e. The fourth-order valence-electron chi connectivity index (χ4n) is 2.57.